The van der Waals surface area contributed by atoms with Crippen molar-refractivity contribution in [3.8, 4) is 17.1 Å². The molecule has 2 aromatic carbocycles. The number of thioether (sulfide) groups is 1. The molecule has 0 aliphatic carbocycles. The number of ether oxygens (including phenoxy) is 1. The van der Waals surface area contributed by atoms with Gasteiger partial charge in [-0.2, -0.15) is 0 Å². The molecule has 1 amide bonds. The number of anilines is 1. The van der Waals surface area contributed by atoms with Crippen molar-refractivity contribution in [1.29, 1.82) is 0 Å². The highest BCUT2D eigenvalue weighted by atomic mass is 32.2. The van der Waals surface area contributed by atoms with Gasteiger partial charge >= 0.3 is 0 Å². The lowest BCUT2D eigenvalue weighted by Gasteiger charge is -2.14. The van der Waals surface area contributed by atoms with Crippen LogP contribution in [0.15, 0.2) is 47.6 Å². The van der Waals surface area contributed by atoms with Crippen LogP contribution in [0, 0.1) is 13.8 Å². The van der Waals surface area contributed by atoms with E-state index in [-0.39, 0.29) is 17.7 Å². The Hall–Kier alpha value is -2.80. The Morgan fingerprint density at radius 2 is 1.76 bits per heavy atom. The molecule has 0 spiro atoms. The summed E-state index contributed by atoms with van der Waals surface area (Å²) in [6.45, 7) is 8.19. The largest absolute Gasteiger partial charge is 0.497 e. The van der Waals surface area contributed by atoms with Crippen LogP contribution in [0.5, 0.6) is 5.75 Å². The zero-order chi connectivity index (χ0) is 21.0. The van der Waals surface area contributed by atoms with E-state index in [1.54, 1.807) is 7.11 Å². The van der Waals surface area contributed by atoms with E-state index in [2.05, 4.69) is 40.0 Å². The van der Waals surface area contributed by atoms with Gasteiger partial charge in [0.1, 0.15) is 5.75 Å². The lowest BCUT2D eigenvalue weighted by atomic mass is 10.1. The lowest BCUT2D eigenvalue weighted by Crippen LogP contribution is -2.15. The number of aryl methyl sites for hydroxylation is 2. The Bertz CT molecular complexity index is 976. The summed E-state index contributed by atoms with van der Waals surface area (Å²) in [4.78, 5) is 12.4. The third kappa shape index (κ3) is 5.17. The highest BCUT2D eigenvalue weighted by Gasteiger charge is 2.18. The minimum Gasteiger partial charge on any atom is -0.497 e. The van der Waals surface area contributed by atoms with Gasteiger partial charge in [0.2, 0.25) is 5.91 Å². The summed E-state index contributed by atoms with van der Waals surface area (Å²) < 4.78 is 7.28. The zero-order valence-corrected chi connectivity index (χ0v) is 18.2. The molecular weight excluding hydrogens is 384 g/mol. The number of hydrogen-bond acceptors (Lipinski definition) is 5. The highest BCUT2D eigenvalue weighted by Crippen LogP contribution is 2.29. The number of hydrogen-bond donors (Lipinski definition) is 1. The molecule has 3 rings (SSSR count). The van der Waals surface area contributed by atoms with Gasteiger partial charge in [0.05, 0.1) is 12.9 Å². The SMILES string of the molecule is COc1ccc(-c2nnc(SCC(=O)Nc3cc(C)cc(C)c3)n2C(C)C)cc1. The second kappa shape index (κ2) is 9.13. The molecular formula is C22H26N4O2S. The van der Waals surface area contributed by atoms with Crippen LogP contribution in [0.1, 0.15) is 31.0 Å². The molecule has 7 heteroatoms. The summed E-state index contributed by atoms with van der Waals surface area (Å²) in [6.07, 6.45) is 0. The Morgan fingerprint density at radius 3 is 2.34 bits per heavy atom. The monoisotopic (exact) mass is 410 g/mol. The van der Waals surface area contributed by atoms with Gasteiger partial charge in [0.15, 0.2) is 11.0 Å². The molecule has 1 heterocycles. The maximum Gasteiger partial charge on any atom is 0.234 e. The Morgan fingerprint density at radius 1 is 1.10 bits per heavy atom. The van der Waals surface area contributed by atoms with Crippen LogP contribution in [0.25, 0.3) is 11.4 Å². The molecule has 0 saturated heterocycles. The fraction of sp³-hybridized carbons (Fsp3) is 0.318. The van der Waals surface area contributed by atoms with Gasteiger partial charge in [-0.3, -0.25) is 9.36 Å². The summed E-state index contributed by atoms with van der Waals surface area (Å²) in [5.74, 6) is 1.77. The predicted molar refractivity (Wildman–Crippen MR) is 118 cm³/mol. The first-order chi connectivity index (χ1) is 13.9. The van der Waals surface area contributed by atoms with Crippen LogP contribution in [-0.2, 0) is 4.79 Å². The van der Waals surface area contributed by atoms with E-state index in [0.717, 1.165) is 39.1 Å². The molecule has 0 saturated carbocycles. The molecule has 0 atom stereocenters. The summed E-state index contributed by atoms with van der Waals surface area (Å²) >= 11 is 1.39. The van der Waals surface area contributed by atoms with Gasteiger partial charge in [-0.1, -0.05) is 17.8 Å². The molecule has 29 heavy (non-hydrogen) atoms. The number of nitrogens with zero attached hydrogens (tertiary/aromatic N) is 3. The molecule has 0 aliphatic heterocycles. The number of aromatic nitrogens is 3. The van der Waals surface area contributed by atoms with Crippen molar-refractivity contribution in [1.82, 2.24) is 14.8 Å². The van der Waals surface area contributed by atoms with E-state index >= 15 is 0 Å². The minimum absolute atomic E-state index is 0.0655. The first-order valence-corrected chi connectivity index (χ1v) is 10.5. The Kier molecular flexibility index (Phi) is 6.59. The van der Waals surface area contributed by atoms with E-state index in [0.29, 0.717) is 0 Å². The average molecular weight is 411 g/mol. The van der Waals surface area contributed by atoms with Crippen LogP contribution >= 0.6 is 11.8 Å². The van der Waals surface area contributed by atoms with Crippen LogP contribution in [-0.4, -0.2) is 33.5 Å². The van der Waals surface area contributed by atoms with Gasteiger partial charge in [-0.25, -0.2) is 0 Å². The Labute approximate surface area is 175 Å². The van der Waals surface area contributed by atoms with Gasteiger partial charge < -0.3 is 10.1 Å². The molecule has 0 bridgehead atoms. The smallest absolute Gasteiger partial charge is 0.234 e. The third-order valence-electron chi connectivity index (χ3n) is 4.37. The van der Waals surface area contributed by atoms with Gasteiger partial charge in [-0.15, -0.1) is 10.2 Å². The second-order valence-corrected chi connectivity index (χ2v) is 8.15. The van der Waals surface area contributed by atoms with Crippen molar-refractivity contribution < 1.29 is 9.53 Å². The van der Waals surface area contributed by atoms with E-state index < -0.39 is 0 Å². The average Bonchev–Trinajstić information content (AvgIpc) is 3.10. The second-order valence-electron chi connectivity index (χ2n) is 7.21. The van der Waals surface area contributed by atoms with Crippen molar-refractivity contribution in [3.63, 3.8) is 0 Å². The summed E-state index contributed by atoms with van der Waals surface area (Å²) in [7, 11) is 1.64. The Balaban J connectivity index is 1.73. The molecule has 152 valence electrons. The van der Waals surface area contributed by atoms with Gasteiger partial charge in [-0.05, 0) is 75.2 Å². The number of methoxy groups -OCH3 is 1. The van der Waals surface area contributed by atoms with Crippen molar-refractivity contribution >= 4 is 23.4 Å². The molecule has 6 nitrogen and oxygen atoms in total. The zero-order valence-electron chi connectivity index (χ0n) is 17.4. The van der Waals surface area contributed by atoms with Crippen LogP contribution in [0.3, 0.4) is 0 Å². The van der Waals surface area contributed by atoms with Gasteiger partial charge in [0, 0.05) is 17.3 Å². The van der Waals surface area contributed by atoms with Crippen molar-refractivity contribution in [2.45, 2.75) is 38.9 Å². The number of carbonyl (C=O) groups is 1. The molecule has 0 unspecified atom stereocenters. The van der Waals surface area contributed by atoms with E-state index in [1.807, 2.05) is 50.2 Å². The fourth-order valence-electron chi connectivity index (χ4n) is 3.15. The van der Waals surface area contributed by atoms with Crippen molar-refractivity contribution in [2.24, 2.45) is 0 Å². The quantitative estimate of drug-likeness (QED) is 0.562. The minimum atomic E-state index is -0.0655. The predicted octanol–water partition coefficient (Wildman–Crippen LogP) is 4.88. The van der Waals surface area contributed by atoms with Crippen molar-refractivity contribution in [2.75, 3.05) is 18.2 Å². The molecule has 1 N–H and O–H groups in total. The number of rotatable bonds is 7. The van der Waals surface area contributed by atoms with Crippen LogP contribution in [0.2, 0.25) is 0 Å². The third-order valence-corrected chi connectivity index (χ3v) is 5.31. The normalized spacial score (nSPS) is 11.0. The number of carbonyl (C=O) groups excluding carboxylic acids is 1. The van der Waals surface area contributed by atoms with E-state index in [1.165, 1.54) is 11.8 Å². The number of benzene rings is 2. The molecule has 0 aliphatic rings. The molecule has 1 aromatic heterocycles. The maximum atomic E-state index is 12.4. The number of nitrogens with one attached hydrogen (secondary N) is 1. The molecule has 3 aromatic rings. The molecule has 0 fully saturated rings. The summed E-state index contributed by atoms with van der Waals surface area (Å²) in [5, 5.41) is 12.4. The number of amides is 1. The first-order valence-electron chi connectivity index (χ1n) is 9.47. The standard InChI is InChI=1S/C22H26N4O2S/c1-14(2)26-21(17-6-8-19(28-5)9-7-17)24-25-22(26)29-13-20(27)23-18-11-15(3)10-16(4)12-18/h6-12,14H,13H2,1-5H3,(H,23,27). The van der Waals surface area contributed by atoms with E-state index in [4.69, 9.17) is 4.74 Å². The fourth-order valence-corrected chi connectivity index (χ4v) is 4.02. The lowest BCUT2D eigenvalue weighted by molar-refractivity contribution is -0.113. The first kappa shape index (κ1) is 20.9. The maximum absolute atomic E-state index is 12.4. The molecule has 0 radical (unpaired) electrons. The van der Waals surface area contributed by atoms with E-state index in [9.17, 15) is 4.79 Å². The summed E-state index contributed by atoms with van der Waals surface area (Å²) in [6, 6.07) is 13.9. The van der Waals surface area contributed by atoms with Crippen LogP contribution < -0.4 is 10.1 Å². The highest BCUT2D eigenvalue weighted by molar-refractivity contribution is 7.99. The van der Waals surface area contributed by atoms with Crippen LogP contribution in [0.4, 0.5) is 5.69 Å². The topological polar surface area (TPSA) is 69.0 Å². The van der Waals surface area contributed by atoms with Gasteiger partial charge in [0.25, 0.3) is 0 Å². The summed E-state index contributed by atoms with van der Waals surface area (Å²) in [5.41, 5.74) is 4.02. The van der Waals surface area contributed by atoms with Crippen molar-refractivity contribution in [3.05, 3.63) is 53.6 Å².